The van der Waals surface area contributed by atoms with E-state index in [0.717, 1.165) is 0 Å². The minimum atomic E-state index is -3.56. The smallest absolute Gasteiger partial charge is 0.240 e. The zero-order chi connectivity index (χ0) is 15.6. The maximum absolute atomic E-state index is 12.0. The molecule has 0 fully saturated rings. The molecular formula is C13H21NO6S. The molecule has 1 aromatic carbocycles. The van der Waals surface area contributed by atoms with Gasteiger partial charge in [0.05, 0.1) is 31.3 Å². The van der Waals surface area contributed by atoms with Crippen molar-refractivity contribution < 1.29 is 27.7 Å². The number of rotatable bonds is 11. The molecule has 0 radical (unpaired) electrons. The summed E-state index contributed by atoms with van der Waals surface area (Å²) in [5, 5.41) is 8.52. The molecule has 0 spiro atoms. The van der Waals surface area contributed by atoms with Crippen molar-refractivity contribution in [1.29, 1.82) is 0 Å². The first-order chi connectivity index (χ1) is 10.1. The van der Waals surface area contributed by atoms with Gasteiger partial charge in [0.25, 0.3) is 0 Å². The Morgan fingerprint density at radius 3 is 2.43 bits per heavy atom. The second kappa shape index (κ2) is 9.69. The standard InChI is InChI=1S/C13H21NO6S/c1-18-10-11-20-12-2-4-13(5-3-12)21(16,17)14-6-8-19-9-7-15/h2-5,14-15H,6-11H2,1H3. The molecular weight excluding hydrogens is 298 g/mol. The topological polar surface area (TPSA) is 94.1 Å². The normalized spacial score (nSPS) is 11.5. The van der Waals surface area contributed by atoms with Gasteiger partial charge in [-0.3, -0.25) is 0 Å². The summed E-state index contributed by atoms with van der Waals surface area (Å²) in [5.74, 6) is 0.581. The van der Waals surface area contributed by atoms with Gasteiger partial charge >= 0.3 is 0 Å². The molecule has 0 aliphatic carbocycles. The highest BCUT2D eigenvalue weighted by Crippen LogP contribution is 2.15. The van der Waals surface area contributed by atoms with Crippen molar-refractivity contribution >= 4 is 10.0 Å². The van der Waals surface area contributed by atoms with E-state index in [4.69, 9.17) is 19.3 Å². The largest absolute Gasteiger partial charge is 0.491 e. The number of methoxy groups -OCH3 is 1. The summed E-state index contributed by atoms with van der Waals surface area (Å²) in [4.78, 5) is 0.156. The third-order valence-electron chi connectivity index (χ3n) is 2.46. The van der Waals surface area contributed by atoms with Crippen LogP contribution in [0.1, 0.15) is 0 Å². The third kappa shape index (κ3) is 6.87. The highest BCUT2D eigenvalue weighted by molar-refractivity contribution is 7.89. The van der Waals surface area contributed by atoms with Gasteiger partial charge in [-0.1, -0.05) is 0 Å². The fourth-order valence-corrected chi connectivity index (χ4v) is 2.47. The monoisotopic (exact) mass is 319 g/mol. The van der Waals surface area contributed by atoms with Crippen LogP contribution in [-0.2, 0) is 19.5 Å². The van der Waals surface area contributed by atoms with Crippen LogP contribution < -0.4 is 9.46 Å². The van der Waals surface area contributed by atoms with E-state index >= 15 is 0 Å². The number of sulfonamides is 1. The van der Waals surface area contributed by atoms with Gasteiger partial charge in [0, 0.05) is 13.7 Å². The molecule has 0 heterocycles. The highest BCUT2D eigenvalue weighted by Gasteiger charge is 2.13. The molecule has 1 aromatic rings. The van der Waals surface area contributed by atoms with Crippen LogP contribution in [0, 0.1) is 0 Å². The van der Waals surface area contributed by atoms with Gasteiger partial charge in [0.15, 0.2) is 0 Å². The quantitative estimate of drug-likeness (QED) is 0.558. The van der Waals surface area contributed by atoms with Crippen molar-refractivity contribution in [1.82, 2.24) is 4.72 Å². The first kappa shape index (κ1) is 17.9. The van der Waals surface area contributed by atoms with Gasteiger partial charge in [-0.25, -0.2) is 13.1 Å². The summed E-state index contributed by atoms with van der Waals surface area (Å²) in [6, 6.07) is 6.12. The predicted octanol–water partition coefficient (Wildman–Crippen LogP) is -0.001000. The number of hydrogen-bond donors (Lipinski definition) is 2. The number of benzene rings is 1. The average molecular weight is 319 g/mol. The zero-order valence-electron chi connectivity index (χ0n) is 11.9. The Hall–Kier alpha value is -1.19. The Morgan fingerprint density at radius 2 is 1.81 bits per heavy atom. The van der Waals surface area contributed by atoms with Crippen molar-refractivity contribution in [3.63, 3.8) is 0 Å². The van der Waals surface area contributed by atoms with E-state index in [1.54, 1.807) is 19.2 Å². The lowest BCUT2D eigenvalue weighted by atomic mass is 10.3. The molecule has 8 heteroatoms. The van der Waals surface area contributed by atoms with Crippen LogP contribution in [0.2, 0.25) is 0 Å². The lowest BCUT2D eigenvalue weighted by Gasteiger charge is -2.09. The molecule has 0 amide bonds. The average Bonchev–Trinajstić information content (AvgIpc) is 2.48. The van der Waals surface area contributed by atoms with Crippen molar-refractivity contribution in [2.45, 2.75) is 4.90 Å². The fourth-order valence-electron chi connectivity index (χ4n) is 1.46. The van der Waals surface area contributed by atoms with Crippen LogP contribution >= 0.6 is 0 Å². The van der Waals surface area contributed by atoms with E-state index in [2.05, 4.69) is 4.72 Å². The summed E-state index contributed by atoms with van der Waals surface area (Å²) >= 11 is 0. The van der Waals surface area contributed by atoms with Gasteiger partial charge in [-0.2, -0.15) is 0 Å². The third-order valence-corrected chi connectivity index (χ3v) is 3.94. The van der Waals surface area contributed by atoms with Gasteiger partial charge in [0.2, 0.25) is 10.0 Å². The van der Waals surface area contributed by atoms with Crippen LogP contribution in [0.15, 0.2) is 29.2 Å². The first-order valence-corrected chi connectivity index (χ1v) is 7.98. The second-order valence-corrected chi connectivity index (χ2v) is 5.81. The number of aliphatic hydroxyl groups excluding tert-OH is 1. The maximum Gasteiger partial charge on any atom is 0.240 e. The Balaban J connectivity index is 2.47. The van der Waals surface area contributed by atoms with Gasteiger partial charge in [-0.15, -0.1) is 0 Å². The second-order valence-electron chi connectivity index (χ2n) is 4.05. The number of ether oxygens (including phenoxy) is 3. The summed E-state index contributed by atoms with van der Waals surface area (Å²) in [6.45, 7) is 1.33. The van der Waals surface area contributed by atoms with E-state index < -0.39 is 10.0 Å². The van der Waals surface area contributed by atoms with Crippen LogP contribution in [0.3, 0.4) is 0 Å². The fraction of sp³-hybridized carbons (Fsp3) is 0.538. The maximum atomic E-state index is 12.0. The molecule has 7 nitrogen and oxygen atoms in total. The minimum Gasteiger partial charge on any atom is -0.491 e. The Bertz CT molecular complexity index is 488. The van der Waals surface area contributed by atoms with Crippen molar-refractivity contribution in [3.8, 4) is 5.75 Å². The number of aliphatic hydroxyl groups is 1. The molecule has 0 saturated heterocycles. The van der Waals surface area contributed by atoms with Crippen molar-refractivity contribution in [2.24, 2.45) is 0 Å². The van der Waals surface area contributed by atoms with Crippen LogP contribution in [0.4, 0.5) is 0 Å². The Morgan fingerprint density at radius 1 is 1.10 bits per heavy atom. The van der Waals surface area contributed by atoms with E-state index in [-0.39, 0.29) is 31.3 Å². The molecule has 0 aliphatic rings. The van der Waals surface area contributed by atoms with Crippen LogP contribution in [-0.4, -0.2) is 60.2 Å². The van der Waals surface area contributed by atoms with Gasteiger partial charge in [0.1, 0.15) is 12.4 Å². The van der Waals surface area contributed by atoms with E-state index in [9.17, 15) is 8.42 Å². The van der Waals surface area contributed by atoms with Crippen LogP contribution in [0.25, 0.3) is 0 Å². The predicted molar refractivity (Wildman–Crippen MR) is 76.9 cm³/mol. The number of nitrogens with one attached hydrogen (secondary N) is 1. The van der Waals surface area contributed by atoms with Crippen LogP contribution in [0.5, 0.6) is 5.75 Å². The molecule has 120 valence electrons. The molecule has 21 heavy (non-hydrogen) atoms. The SMILES string of the molecule is COCCOc1ccc(S(=O)(=O)NCCOCCO)cc1. The molecule has 0 atom stereocenters. The number of hydrogen-bond acceptors (Lipinski definition) is 6. The van der Waals surface area contributed by atoms with Gasteiger partial charge < -0.3 is 19.3 Å². The molecule has 2 N–H and O–H groups in total. The molecule has 0 bridgehead atoms. The lowest BCUT2D eigenvalue weighted by Crippen LogP contribution is -2.27. The summed E-state index contributed by atoms with van der Waals surface area (Å²) < 4.78 is 41.5. The molecule has 0 unspecified atom stereocenters. The Labute approximate surface area is 124 Å². The first-order valence-electron chi connectivity index (χ1n) is 6.50. The summed E-state index contributed by atoms with van der Waals surface area (Å²) in [6.07, 6.45) is 0. The highest BCUT2D eigenvalue weighted by atomic mass is 32.2. The summed E-state index contributed by atoms with van der Waals surface area (Å²) in [7, 11) is -1.98. The van der Waals surface area contributed by atoms with E-state index in [1.165, 1.54) is 12.1 Å². The molecule has 1 rings (SSSR count). The molecule has 0 aromatic heterocycles. The van der Waals surface area contributed by atoms with Crippen molar-refractivity contribution in [3.05, 3.63) is 24.3 Å². The summed E-state index contributed by atoms with van der Waals surface area (Å²) in [5.41, 5.74) is 0. The van der Waals surface area contributed by atoms with Crippen molar-refractivity contribution in [2.75, 3.05) is 46.7 Å². The minimum absolute atomic E-state index is 0.0860. The zero-order valence-corrected chi connectivity index (χ0v) is 12.8. The molecule has 0 aliphatic heterocycles. The molecule has 0 saturated carbocycles. The van der Waals surface area contributed by atoms with E-state index in [0.29, 0.717) is 19.0 Å². The Kier molecular flexibility index (Phi) is 8.24. The van der Waals surface area contributed by atoms with E-state index in [1.807, 2.05) is 0 Å². The lowest BCUT2D eigenvalue weighted by molar-refractivity contribution is 0.0961. The van der Waals surface area contributed by atoms with Gasteiger partial charge in [-0.05, 0) is 24.3 Å².